The van der Waals surface area contributed by atoms with Crippen LogP contribution in [-0.2, 0) is 16.1 Å². The van der Waals surface area contributed by atoms with Crippen molar-refractivity contribution in [1.82, 2.24) is 10.6 Å². The van der Waals surface area contributed by atoms with E-state index in [-0.39, 0.29) is 23.9 Å². The number of hydrogen-bond donors (Lipinski definition) is 3. The summed E-state index contributed by atoms with van der Waals surface area (Å²) >= 11 is 0. The molecular weight excluding hydrogens is 248 g/mol. The largest absolute Gasteiger partial charge is 0.478 e. The molecule has 0 unspecified atom stereocenters. The van der Waals surface area contributed by atoms with Gasteiger partial charge in [-0.2, -0.15) is 0 Å². The highest BCUT2D eigenvalue weighted by atomic mass is 16.4. The Morgan fingerprint density at radius 1 is 1.37 bits per heavy atom. The fourth-order valence-corrected chi connectivity index (χ4v) is 2.00. The third-order valence-electron chi connectivity index (χ3n) is 3.03. The number of piperidine rings is 1. The first kappa shape index (κ1) is 13.2. The lowest BCUT2D eigenvalue weighted by atomic mass is 10.0. The van der Waals surface area contributed by atoms with Crippen LogP contribution in [0.5, 0.6) is 0 Å². The summed E-state index contributed by atoms with van der Waals surface area (Å²) in [5.74, 6) is -1.63. The number of nitrogens with one attached hydrogen (secondary N) is 2. The molecule has 0 spiro atoms. The molecule has 1 atom stereocenters. The second kappa shape index (κ2) is 5.62. The number of rotatable bonds is 4. The van der Waals surface area contributed by atoms with Gasteiger partial charge >= 0.3 is 5.97 Å². The average Bonchev–Trinajstić information content (AvgIpc) is 2.38. The molecule has 1 saturated heterocycles. The van der Waals surface area contributed by atoms with E-state index in [0.29, 0.717) is 18.4 Å². The Bertz CT molecular complexity index is 527. The molecule has 0 saturated carbocycles. The van der Waals surface area contributed by atoms with Gasteiger partial charge < -0.3 is 10.4 Å². The van der Waals surface area contributed by atoms with E-state index in [0.717, 1.165) is 0 Å². The number of carbonyl (C=O) groups excluding carboxylic acids is 2. The van der Waals surface area contributed by atoms with Crippen LogP contribution in [-0.4, -0.2) is 28.9 Å². The molecule has 0 aromatic heterocycles. The monoisotopic (exact) mass is 262 g/mol. The van der Waals surface area contributed by atoms with Crippen LogP contribution in [0.25, 0.3) is 0 Å². The molecular formula is C13H14N2O4. The van der Waals surface area contributed by atoms with Gasteiger partial charge in [-0.15, -0.1) is 0 Å². The number of carbonyl (C=O) groups is 3. The number of amides is 2. The second-order valence-electron chi connectivity index (χ2n) is 4.35. The summed E-state index contributed by atoms with van der Waals surface area (Å²) in [6, 6.07) is 6.15. The van der Waals surface area contributed by atoms with Crippen molar-refractivity contribution in [2.24, 2.45) is 0 Å². The number of aromatic carboxylic acids is 1. The van der Waals surface area contributed by atoms with Crippen molar-refractivity contribution in [2.75, 3.05) is 0 Å². The zero-order valence-corrected chi connectivity index (χ0v) is 10.2. The zero-order chi connectivity index (χ0) is 13.8. The molecule has 19 heavy (non-hydrogen) atoms. The van der Waals surface area contributed by atoms with E-state index in [4.69, 9.17) is 5.11 Å². The van der Waals surface area contributed by atoms with Crippen molar-refractivity contribution in [3.05, 3.63) is 35.4 Å². The lowest BCUT2D eigenvalue weighted by Gasteiger charge is -2.22. The van der Waals surface area contributed by atoms with Crippen molar-refractivity contribution in [2.45, 2.75) is 25.4 Å². The summed E-state index contributed by atoms with van der Waals surface area (Å²) in [7, 11) is 0. The van der Waals surface area contributed by atoms with Crippen LogP contribution in [0.2, 0.25) is 0 Å². The first-order chi connectivity index (χ1) is 9.08. The molecule has 2 amide bonds. The molecule has 1 aliphatic heterocycles. The highest BCUT2D eigenvalue weighted by Crippen LogP contribution is 2.10. The molecule has 6 nitrogen and oxygen atoms in total. The van der Waals surface area contributed by atoms with Gasteiger partial charge in [-0.1, -0.05) is 18.2 Å². The Balaban J connectivity index is 2.01. The lowest BCUT2D eigenvalue weighted by Crippen LogP contribution is -2.50. The first-order valence-electron chi connectivity index (χ1n) is 5.96. The van der Waals surface area contributed by atoms with Gasteiger partial charge in [0.2, 0.25) is 11.8 Å². The summed E-state index contributed by atoms with van der Waals surface area (Å²) in [5.41, 5.74) is 0.821. The minimum Gasteiger partial charge on any atom is -0.478 e. The van der Waals surface area contributed by atoms with E-state index in [1.807, 2.05) is 0 Å². The van der Waals surface area contributed by atoms with E-state index >= 15 is 0 Å². The third kappa shape index (κ3) is 3.17. The standard InChI is InChI=1S/C13H14N2O4/c16-11-6-5-10(12(17)15-11)14-7-8-3-1-2-4-9(8)13(18)19/h1-4,10,14H,5-7H2,(H,18,19)(H,15,16,17)/t10-/m1/s1. The van der Waals surface area contributed by atoms with Gasteiger partial charge in [0.25, 0.3) is 0 Å². The van der Waals surface area contributed by atoms with Crippen molar-refractivity contribution < 1.29 is 19.5 Å². The predicted molar refractivity (Wildman–Crippen MR) is 66.4 cm³/mol. The van der Waals surface area contributed by atoms with Gasteiger partial charge in [-0.25, -0.2) is 4.79 Å². The maximum absolute atomic E-state index is 11.5. The van der Waals surface area contributed by atoms with E-state index in [1.165, 1.54) is 6.07 Å². The summed E-state index contributed by atoms with van der Waals surface area (Å²) in [6.45, 7) is 0.273. The highest BCUT2D eigenvalue weighted by molar-refractivity contribution is 6.00. The van der Waals surface area contributed by atoms with Crippen LogP contribution in [0.4, 0.5) is 0 Å². The Labute approximate surface area is 109 Å². The van der Waals surface area contributed by atoms with Crippen molar-refractivity contribution in [3.63, 3.8) is 0 Å². The SMILES string of the molecule is O=C1CC[C@@H](NCc2ccccc2C(=O)O)C(=O)N1. The predicted octanol–water partition coefficient (Wildman–Crippen LogP) is 0.280. The summed E-state index contributed by atoms with van der Waals surface area (Å²) in [4.78, 5) is 33.6. The van der Waals surface area contributed by atoms with Crippen LogP contribution in [0.1, 0.15) is 28.8 Å². The molecule has 1 fully saturated rings. The minimum absolute atomic E-state index is 0.210. The molecule has 1 aromatic rings. The van der Waals surface area contributed by atoms with Crippen LogP contribution in [0.15, 0.2) is 24.3 Å². The molecule has 3 N–H and O–H groups in total. The maximum Gasteiger partial charge on any atom is 0.336 e. The van der Waals surface area contributed by atoms with Gasteiger partial charge in [-0.3, -0.25) is 14.9 Å². The fourth-order valence-electron chi connectivity index (χ4n) is 2.00. The van der Waals surface area contributed by atoms with E-state index in [2.05, 4.69) is 10.6 Å². The van der Waals surface area contributed by atoms with Crippen molar-refractivity contribution in [3.8, 4) is 0 Å². The minimum atomic E-state index is -0.999. The molecule has 1 aromatic carbocycles. The number of imide groups is 1. The molecule has 100 valence electrons. The topological polar surface area (TPSA) is 95.5 Å². The van der Waals surface area contributed by atoms with Gasteiger partial charge in [0, 0.05) is 13.0 Å². The highest BCUT2D eigenvalue weighted by Gasteiger charge is 2.26. The average molecular weight is 262 g/mol. The Morgan fingerprint density at radius 3 is 2.79 bits per heavy atom. The number of benzene rings is 1. The molecule has 0 aliphatic carbocycles. The molecule has 1 aliphatic rings. The zero-order valence-electron chi connectivity index (χ0n) is 10.2. The van der Waals surface area contributed by atoms with Crippen LogP contribution >= 0.6 is 0 Å². The van der Waals surface area contributed by atoms with Gasteiger partial charge in [0.15, 0.2) is 0 Å². The van der Waals surface area contributed by atoms with Gasteiger partial charge in [0.05, 0.1) is 11.6 Å². The first-order valence-corrected chi connectivity index (χ1v) is 5.96. The van der Waals surface area contributed by atoms with Crippen LogP contribution in [0.3, 0.4) is 0 Å². The normalized spacial score (nSPS) is 19.1. The van der Waals surface area contributed by atoms with Gasteiger partial charge in [-0.05, 0) is 18.1 Å². The smallest absolute Gasteiger partial charge is 0.336 e. The Hall–Kier alpha value is -2.21. The quantitative estimate of drug-likeness (QED) is 0.677. The van der Waals surface area contributed by atoms with Crippen LogP contribution in [0, 0.1) is 0 Å². The summed E-state index contributed by atoms with van der Waals surface area (Å²) < 4.78 is 0. The molecule has 6 heteroatoms. The maximum atomic E-state index is 11.5. The van der Waals surface area contributed by atoms with E-state index < -0.39 is 12.0 Å². The molecule has 0 bridgehead atoms. The Kier molecular flexibility index (Phi) is 3.91. The lowest BCUT2D eigenvalue weighted by molar-refractivity contribution is -0.134. The van der Waals surface area contributed by atoms with E-state index in [1.54, 1.807) is 18.2 Å². The van der Waals surface area contributed by atoms with E-state index in [9.17, 15) is 14.4 Å². The van der Waals surface area contributed by atoms with Crippen molar-refractivity contribution >= 4 is 17.8 Å². The molecule has 0 radical (unpaired) electrons. The van der Waals surface area contributed by atoms with Crippen LogP contribution < -0.4 is 10.6 Å². The van der Waals surface area contributed by atoms with Crippen molar-refractivity contribution in [1.29, 1.82) is 0 Å². The summed E-state index contributed by atoms with van der Waals surface area (Å²) in [6.07, 6.45) is 0.726. The molecule has 2 rings (SSSR count). The molecule has 1 heterocycles. The Morgan fingerprint density at radius 2 is 2.11 bits per heavy atom. The van der Waals surface area contributed by atoms with Gasteiger partial charge in [0.1, 0.15) is 0 Å². The fraction of sp³-hybridized carbons (Fsp3) is 0.308. The third-order valence-corrected chi connectivity index (χ3v) is 3.03. The second-order valence-corrected chi connectivity index (χ2v) is 4.35. The number of hydrogen-bond acceptors (Lipinski definition) is 4. The summed E-state index contributed by atoms with van der Waals surface area (Å²) in [5, 5.41) is 14.3. The number of carboxylic acid groups (broad SMARTS) is 1. The number of carboxylic acids is 1.